The van der Waals surface area contributed by atoms with E-state index in [2.05, 4.69) is 11.8 Å². The van der Waals surface area contributed by atoms with E-state index in [9.17, 15) is 9.59 Å². The van der Waals surface area contributed by atoms with Gasteiger partial charge in [-0.1, -0.05) is 19.1 Å². The molecule has 1 atom stereocenters. The molecule has 5 heteroatoms. The fraction of sp³-hybridized carbons (Fsp3) is 0.600. The quantitative estimate of drug-likeness (QED) is 0.840. The Balaban J connectivity index is 1.53. The first kappa shape index (κ1) is 17.9. The standard InChI is InChI=1S/C20H29N3O2/c1-3-17-6-8-18(9-7-17)20(25)23-14-12-21(13-15-23)16(2)19(24)22-10-4-5-11-22/h6-9,16H,3-5,10-15H2,1-2H3. The minimum absolute atomic E-state index is 0.0841. The number of amides is 2. The third kappa shape index (κ3) is 4.03. The first-order valence-electron chi connectivity index (χ1n) is 9.51. The molecule has 5 nitrogen and oxygen atoms in total. The maximum Gasteiger partial charge on any atom is 0.253 e. The molecule has 1 aromatic carbocycles. The number of carbonyl (C=O) groups is 2. The molecule has 0 radical (unpaired) electrons. The van der Waals surface area contributed by atoms with E-state index in [4.69, 9.17) is 0 Å². The molecule has 2 aliphatic heterocycles. The Morgan fingerprint density at radius 1 is 0.920 bits per heavy atom. The number of likely N-dealkylation sites (tertiary alicyclic amines) is 1. The summed E-state index contributed by atoms with van der Waals surface area (Å²) in [6.45, 7) is 8.81. The lowest BCUT2D eigenvalue weighted by Gasteiger charge is -2.38. The topological polar surface area (TPSA) is 43.9 Å². The van der Waals surface area contributed by atoms with E-state index < -0.39 is 0 Å². The largest absolute Gasteiger partial charge is 0.341 e. The van der Waals surface area contributed by atoms with Crippen molar-refractivity contribution >= 4 is 11.8 Å². The number of carbonyl (C=O) groups excluding carboxylic acids is 2. The van der Waals surface area contributed by atoms with Crippen LogP contribution >= 0.6 is 0 Å². The van der Waals surface area contributed by atoms with Crippen LogP contribution in [-0.2, 0) is 11.2 Å². The van der Waals surface area contributed by atoms with Crippen LogP contribution in [0.3, 0.4) is 0 Å². The monoisotopic (exact) mass is 343 g/mol. The minimum Gasteiger partial charge on any atom is -0.341 e. The van der Waals surface area contributed by atoms with Crippen LogP contribution in [0.5, 0.6) is 0 Å². The number of rotatable bonds is 4. The molecule has 3 rings (SSSR count). The summed E-state index contributed by atoms with van der Waals surface area (Å²) in [6.07, 6.45) is 3.23. The number of benzene rings is 1. The Hall–Kier alpha value is -1.88. The second kappa shape index (κ2) is 8.00. The second-order valence-electron chi connectivity index (χ2n) is 7.09. The lowest BCUT2D eigenvalue weighted by Crippen LogP contribution is -2.55. The molecule has 2 heterocycles. The van der Waals surface area contributed by atoms with Crippen molar-refractivity contribution in [3.8, 4) is 0 Å². The summed E-state index contributed by atoms with van der Waals surface area (Å²) in [7, 11) is 0. The average molecular weight is 343 g/mol. The summed E-state index contributed by atoms with van der Waals surface area (Å²) >= 11 is 0. The van der Waals surface area contributed by atoms with Crippen molar-refractivity contribution in [1.82, 2.24) is 14.7 Å². The lowest BCUT2D eigenvalue weighted by molar-refractivity contribution is -0.135. The molecule has 0 aliphatic carbocycles. The second-order valence-corrected chi connectivity index (χ2v) is 7.09. The first-order valence-corrected chi connectivity index (χ1v) is 9.51. The molecule has 25 heavy (non-hydrogen) atoms. The van der Waals surface area contributed by atoms with Gasteiger partial charge >= 0.3 is 0 Å². The fourth-order valence-corrected chi connectivity index (χ4v) is 3.74. The maximum atomic E-state index is 12.7. The zero-order valence-electron chi connectivity index (χ0n) is 15.4. The average Bonchev–Trinajstić information content (AvgIpc) is 3.21. The summed E-state index contributed by atoms with van der Waals surface area (Å²) in [4.78, 5) is 31.3. The molecule has 1 unspecified atom stereocenters. The molecule has 2 saturated heterocycles. The Morgan fingerprint density at radius 3 is 2.08 bits per heavy atom. The molecule has 0 aromatic heterocycles. The molecule has 0 spiro atoms. The fourth-order valence-electron chi connectivity index (χ4n) is 3.74. The molecule has 2 amide bonds. The normalized spacial score (nSPS) is 19.9. The van der Waals surface area contributed by atoms with Gasteiger partial charge in [0.2, 0.25) is 5.91 Å². The number of piperazine rings is 1. The van der Waals surface area contributed by atoms with Crippen LogP contribution in [0.4, 0.5) is 0 Å². The highest BCUT2D eigenvalue weighted by molar-refractivity contribution is 5.94. The van der Waals surface area contributed by atoms with Crippen LogP contribution in [0.2, 0.25) is 0 Å². The number of hydrogen-bond acceptors (Lipinski definition) is 3. The number of aryl methyl sites for hydroxylation is 1. The molecular formula is C20H29N3O2. The van der Waals surface area contributed by atoms with E-state index in [1.807, 2.05) is 41.0 Å². The van der Waals surface area contributed by atoms with Crippen LogP contribution in [0, 0.1) is 0 Å². The molecule has 0 bridgehead atoms. The molecule has 0 saturated carbocycles. The highest BCUT2D eigenvalue weighted by Crippen LogP contribution is 2.15. The summed E-state index contributed by atoms with van der Waals surface area (Å²) in [6, 6.07) is 7.82. The van der Waals surface area contributed by atoms with Crippen molar-refractivity contribution in [3.05, 3.63) is 35.4 Å². The van der Waals surface area contributed by atoms with Gasteiger partial charge in [0.05, 0.1) is 6.04 Å². The Labute approximate surface area is 150 Å². The highest BCUT2D eigenvalue weighted by Gasteiger charge is 2.31. The zero-order chi connectivity index (χ0) is 17.8. The van der Waals surface area contributed by atoms with Gasteiger partial charge in [-0.2, -0.15) is 0 Å². The van der Waals surface area contributed by atoms with Crippen molar-refractivity contribution in [3.63, 3.8) is 0 Å². The van der Waals surface area contributed by atoms with Crippen LogP contribution in [0.1, 0.15) is 42.6 Å². The molecular weight excluding hydrogens is 314 g/mol. The van der Waals surface area contributed by atoms with Gasteiger partial charge in [0, 0.05) is 44.8 Å². The van der Waals surface area contributed by atoms with Crippen molar-refractivity contribution in [2.45, 2.75) is 39.2 Å². The van der Waals surface area contributed by atoms with Gasteiger partial charge in [-0.05, 0) is 43.9 Å². The van der Waals surface area contributed by atoms with E-state index in [1.54, 1.807) is 0 Å². The summed E-state index contributed by atoms with van der Waals surface area (Å²) in [5.74, 6) is 0.341. The van der Waals surface area contributed by atoms with Crippen molar-refractivity contribution in [2.24, 2.45) is 0 Å². The summed E-state index contributed by atoms with van der Waals surface area (Å²) < 4.78 is 0. The number of hydrogen-bond donors (Lipinski definition) is 0. The molecule has 136 valence electrons. The van der Waals surface area contributed by atoms with E-state index in [0.29, 0.717) is 13.1 Å². The van der Waals surface area contributed by atoms with Gasteiger partial charge in [0.1, 0.15) is 0 Å². The lowest BCUT2D eigenvalue weighted by atomic mass is 10.1. The van der Waals surface area contributed by atoms with Crippen molar-refractivity contribution in [1.29, 1.82) is 0 Å². The molecule has 2 fully saturated rings. The van der Waals surface area contributed by atoms with Gasteiger partial charge in [-0.3, -0.25) is 14.5 Å². The van der Waals surface area contributed by atoms with Gasteiger partial charge in [0.15, 0.2) is 0 Å². The third-order valence-corrected chi connectivity index (χ3v) is 5.53. The molecule has 2 aliphatic rings. The van der Waals surface area contributed by atoms with E-state index in [1.165, 1.54) is 5.56 Å². The minimum atomic E-state index is -0.0841. The van der Waals surface area contributed by atoms with Gasteiger partial charge in [-0.25, -0.2) is 0 Å². The van der Waals surface area contributed by atoms with Gasteiger partial charge in [0.25, 0.3) is 5.91 Å². The van der Waals surface area contributed by atoms with Crippen molar-refractivity contribution < 1.29 is 9.59 Å². The molecule has 1 aromatic rings. The Kier molecular flexibility index (Phi) is 5.74. The van der Waals surface area contributed by atoms with Crippen LogP contribution in [0.25, 0.3) is 0 Å². The highest BCUT2D eigenvalue weighted by atomic mass is 16.2. The van der Waals surface area contributed by atoms with Crippen LogP contribution in [-0.4, -0.2) is 71.8 Å². The predicted molar refractivity (Wildman–Crippen MR) is 98.6 cm³/mol. The van der Waals surface area contributed by atoms with Gasteiger partial charge in [-0.15, -0.1) is 0 Å². The van der Waals surface area contributed by atoms with Gasteiger partial charge < -0.3 is 9.80 Å². The Bertz CT molecular complexity index is 600. The summed E-state index contributed by atoms with van der Waals surface area (Å²) in [5, 5.41) is 0. The zero-order valence-corrected chi connectivity index (χ0v) is 15.4. The van der Waals surface area contributed by atoms with Crippen LogP contribution in [0.15, 0.2) is 24.3 Å². The first-order chi connectivity index (χ1) is 12.1. The van der Waals surface area contributed by atoms with E-state index >= 15 is 0 Å². The number of nitrogens with zero attached hydrogens (tertiary/aromatic N) is 3. The smallest absolute Gasteiger partial charge is 0.253 e. The third-order valence-electron chi connectivity index (χ3n) is 5.53. The SMILES string of the molecule is CCc1ccc(C(=O)N2CCN(C(C)C(=O)N3CCCC3)CC2)cc1. The van der Waals surface area contributed by atoms with E-state index in [-0.39, 0.29) is 17.9 Å². The molecule has 0 N–H and O–H groups in total. The Morgan fingerprint density at radius 2 is 1.52 bits per heavy atom. The predicted octanol–water partition coefficient (Wildman–Crippen LogP) is 2.02. The van der Waals surface area contributed by atoms with Crippen molar-refractivity contribution in [2.75, 3.05) is 39.3 Å². The van der Waals surface area contributed by atoms with Crippen LogP contribution < -0.4 is 0 Å². The summed E-state index contributed by atoms with van der Waals surface area (Å²) in [5.41, 5.74) is 2.00. The maximum absolute atomic E-state index is 12.7. The van der Waals surface area contributed by atoms with E-state index in [0.717, 1.165) is 51.0 Å².